The highest BCUT2D eigenvalue weighted by atomic mass is 35.5. The maximum atomic E-state index is 11.3. The fourth-order valence-corrected chi connectivity index (χ4v) is 2.66. The predicted octanol–water partition coefficient (Wildman–Crippen LogP) is 3.32. The Morgan fingerprint density at radius 3 is 2.67 bits per heavy atom. The summed E-state index contributed by atoms with van der Waals surface area (Å²) in [5, 5.41) is 19.1. The topological polar surface area (TPSA) is 57.5 Å². The summed E-state index contributed by atoms with van der Waals surface area (Å²) in [6, 6.07) is 9.32. The molecule has 3 rings (SSSR count). The fourth-order valence-electron chi connectivity index (χ4n) is 2.46. The first-order valence-corrected chi connectivity index (χ1v) is 5.83. The van der Waals surface area contributed by atoms with Crippen LogP contribution in [0.2, 0.25) is 5.02 Å². The van der Waals surface area contributed by atoms with Gasteiger partial charge in [-0.2, -0.15) is 0 Å². The molecule has 0 amide bonds. The van der Waals surface area contributed by atoms with Gasteiger partial charge in [0, 0.05) is 0 Å². The molecule has 3 nitrogen and oxygen atoms in total. The Morgan fingerprint density at radius 2 is 1.94 bits per heavy atom. The van der Waals surface area contributed by atoms with Crippen molar-refractivity contribution in [2.24, 2.45) is 0 Å². The summed E-state index contributed by atoms with van der Waals surface area (Å²) in [7, 11) is 0. The molecule has 1 aliphatic rings. The molecule has 0 saturated carbocycles. The lowest BCUT2D eigenvalue weighted by molar-refractivity contribution is 0.0693. The van der Waals surface area contributed by atoms with Crippen LogP contribution in [0.5, 0.6) is 5.75 Å². The molecule has 90 valence electrons. The van der Waals surface area contributed by atoms with Crippen molar-refractivity contribution in [1.82, 2.24) is 0 Å². The lowest BCUT2D eigenvalue weighted by Gasteiger charge is -2.08. The molecule has 0 fully saturated rings. The molecule has 0 spiro atoms. The summed E-state index contributed by atoms with van der Waals surface area (Å²) in [5.74, 6) is -1.50. The molecule has 0 atom stereocenters. The van der Waals surface area contributed by atoms with E-state index in [1.54, 1.807) is 6.07 Å². The summed E-state index contributed by atoms with van der Waals surface area (Å²) in [6.45, 7) is 0. The van der Waals surface area contributed by atoms with Gasteiger partial charge in [0.15, 0.2) is 0 Å². The number of hydrogen-bond donors (Lipinski definition) is 2. The molecule has 1 aliphatic carbocycles. The Morgan fingerprint density at radius 1 is 1.22 bits per heavy atom. The highest BCUT2D eigenvalue weighted by Gasteiger charge is 2.27. The number of benzene rings is 2. The van der Waals surface area contributed by atoms with Gasteiger partial charge < -0.3 is 10.2 Å². The van der Waals surface area contributed by atoms with Crippen molar-refractivity contribution in [2.45, 2.75) is 6.42 Å². The van der Waals surface area contributed by atoms with Crippen LogP contribution in [0.15, 0.2) is 30.3 Å². The fraction of sp³-hybridized carbons (Fsp3) is 0.0714. The normalized spacial score (nSPS) is 12.1. The van der Waals surface area contributed by atoms with E-state index in [0.717, 1.165) is 16.7 Å². The van der Waals surface area contributed by atoms with Crippen molar-refractivity contribution < 1.29 is 15.0 Å². The molecule has 0 aromatic heterocycles. The second-order valence-electron chi connectivity index (χ2n) is 4.25. The van der Waals surface area contributed by atoms with Crippen LogP contribution in [0, 0.1) is 0 Å². The summed E-state index contributed by atoms with van der Waals surface area (Å²) < 4.78 is 0. The van der Waals surface area contributed by atoms with Gasteiger partial charge >= 0.3 is 5.97 Å². The standard InChI is InChI=1S/C14H9ClO3/c15-11-6-9-8-4-2-1-3-7(8)5-10(9)12(13(11)16)14(17)18/h1-4,6,16H,5H2,(H,17,18). The molecule has 4 heteroatoms. The zero-order valence-corrected chi connectivity index (χ0v) is 10.0. The first-order chi connectivity index (χ1) is 8.59. The van der Waals surface area contributed by atoms with Gasteiger partial charge in [0.25, 0.3) is 0 Å². The Hall–Kier alpha value is -2.00. The molecule has 2 aromatic rings. The third kappa shape index (κ3) is 1.41. The number of carbonyl (C=O) groups is 1. The lowest BCUT2D eigenvalue weighted by Crippen LogP contribution is -2.02. The van der Waals surface area contributed by atoms with Gasteiger partial charge in [-0.3, -0.25) is 0 Å². The van der Waals surface area contributed by atoms with Crippen molar-refractivity contribution in [3.8, 4) is 16.9 Å². The molecular formula is C14H9ClO3. The van der Waals surface area contributed by atoms with E-state index in [-0.39, 0.29) is 16.3 Å². The van der Waals surface area contributed by atoms with Crippen LogP contribution in [0.1, 0.15) is 21.5 Å². The molecule has 0 unspecified atom stereocenters. The first kappa shape index (κ1) is 11.1. The Bertz CT molecular complexity index is 677. The van der Waals surface area contributed by atoms with Crippen LogP contribution in [-0.2, 0) is 6.42 Å². The van der Waals surface area contributed by atoms with Gasteiger partial charge in [0.2, 0.25) is 0 Å². The Kier molecular flexibility index (Phi) is 2.31. The number of carboxylic acids is 1. The van der Waals surface area contributed by atoms with Crippen molar-refractivity contribution >= 4 is 17.6 Å². The Balaban J connectivity index is 2.36. The number of phenols is 1. The zero-order valence-electron chi connectivity index (χ0n) is 9.27. The number of aromatic carboxylic acids is 1. The second kappa shape index (κ2) is 3.75. The third-order valence-electron chi connectivity index (χ3n) is 3.25. The average Bonchev–Trinajstić information content (AvgIpc) is 2.68. The molecule has 0 bridgehead atoms. The molecule has 2 N–H and O–H groups in total. The zero-order chi connectivity index (χ0) is 12.9. The maximum absolute atomic E-state index is 11.3. The minimum atomic E-state index is -1.15. The smallest absolute Gasteiger partial charge is 0.339 e. The number of hydrogen-bond acceptors (Lipinski definition) is 2. The molecule has 0 aliphatic heterocycles. The van der Waals surface area contributed by atoms with Crippen LogP contribution >= 0.6 is 11.6 Å². The highest BCUT2D eigenvalue weighted by Crippen LogP contribution is 2.44. The van der Waals surface area contributed by atoms with E-state index >= 15 is 0 Å². The van der Waals surface area contributed by atoms with E-state index in [1.807, 2.05) is 24.3 Å². The van der Waals surface area contributed by atoms with E-state index in [4.69, 9.17) is 11.6 Å². The third-order valence-corrected chi connectivity index (χ3v) is 3.54. The van der Waals surface area contributed by atoms with E-state index in [9.17, 15) is 15.0 Å². The minimum absolute atomic E-state index is 0.0721. The van der Waals surface area contributed by atoms with Crippen LogP contribution < -0.4 is 0 Å². The SMILES string of the molecule is O=C(O)c1c(O)c(Cl)cc2c1Cc1ccccc1-2. The highest BCUT2D eigenvalue weighted by molar-refractivity contribution is 6.33. The maximum Gasteiger partial charge on any atom is 0.339 e. The average molecular weight is 261 g/mol. The number of halogens is 1. The first-order valence-electron chi connectivity index (χ1n) is 5.45. The molecular weight excluding hydrogens is 252 g/mol. The van der Waals surface area contributed by atoms with Crippen molar-refractivity contribution in [3.05, 3.63) is 52.0 Å². The number of rotatable bonds is 1. The van der Waals surface area contributed by atoms with Gasteiger partial charge in [-0.1, -0.05) is 35.9 Å². The largest absolute Gasteiger partial charge is 0.505 e. The van der Waals surface area contributed by atoms with Gasteiger partial charge in [0.1, 0.15) is 11.3 Å². The van der Waals surface area contributed by atoms with Crippen LogP contribution in [0.4, 0.5) is 0 Å². The number of carboxylic acid groups (broad SMARTS) is 1. The van der Waals surface area contributed by atoms with Gasteiger partial charge in [-0.15, -0.1) is 0 Å². The van der Waals surface area contributed by atoms with Crippen LogP contribution in [0.3, 0.4) is 0 Å². The molecule has 0 radical (unpaired) electrons. The van der Waals surface area contributed by atoms with E-state index < -0.39 is 5.97 Å². The number of aromatic hydroxyl groups is 1. The lowest BCUT2D eigenvalue weighted by atomic mass is 10.0. The monoisotopic (exact) mass is 260 g/mol. The number of fused-ring (bicyclic) bond motifs is 3. The van der Waals surface area contributed by atoms with E-state index in [1.165, 1.54) is 0 Å². The van der Waals surface area contributed by atoms with Crippen LogP contribution in [-0.4, -0.2) is 16.2 Å². The molecule has 0 saturated heterocycles. The van der Waals surface area contributed by atoms with Crippen molar-refractivity contribution in [1.29, 1.82) is 0 Å². The van der Waals surface area contributed by atoms with Crippen LogP contribution in [0.25, 0.3) is 11.1 Å². The quantitative estimate of drug-likeness (QED) is 0.706. The summed E-state index contributed by atoms with van der Waals surface area (Å²) in [4.78, 5) is 11.3. The molecule has 18 heavy (non-hydrogen) atoms. The minimum Gasteiger partial charge on any atom is -0.505 e. The molecule has 2 aromatic carbocycles. The summed E-state index contributed by atoms with van der Waals surface area (Å²) in [5.41, 5.74) is 3.37. The van der Waals surface area contributed by atoms with Gasteiger partial charge in [-0.05, 0) is 34.7 Å². The van der Waals surface area contributed by atoms with Crippen molar-refractivity contribution in [2.75, 3.05) is 0 Å². The second-order valence-corrected chi connectivity index (χ2v) is 4.65. The Labute approximate surface area is 108 Å². The van der Waals surface area contributed by atoms with E-state index in [0.29, 0.717) is 12.0 Å². The summed E-state index contributed by atoms with van der Waals surface area (Å²) in [6.07, 6.45) is 0.512. The van der Waals surface area contributed by atoms with Crippen molar-refractivity contribution in [3.63, 3.8) is 0 Å². The molecule has 0 heterocycles. The van der Waals surface area contributed by atoms with Gasteiger partial charge in [-0.25, -0.2) is 4.79 Å². The summed E-state index contributed by atoms with van der Waals surface area (Å²) >= 11 is 5.89. The predicted molar refractivity (Wildman–Crippen MR) is 68.3 cm³/mol. The van der Waals surface area contributed by atoms with E-state index in [2.05, 4.69) is 0 Å². The van der Waals surface area contributed by atoms with Gasteiger partial charge in [0.05, 0.1) is 5.02 Å².